The number of carboxylic acids is 2. The van der Waals surface area contributed by atoms with E-state index in [0.29, 0.717) is 0 Å². The molecule has 5 heteroatoms. The first-order chi connectivity index (χ1) is 7.54. The van der Waals surface area contributed by atoms with Crippen molar-refractivity contribution >= 4 is 11.9 Å². The van der Waals surface area contributed by atoms with Crippen LogP contribution in [0.5, 0.6) is 0 Å². The number of hydrogen-bond acceptors (Lipinski definition) is 4. The maximum atomic E-state index is 9.64. The van der Waals surface area contributed by atoms with Crippen molar-refractivity contribution in [2.45, 2.75) is 13.8 Å². The van der Waals surface area contributed by atoms with Gasteiger partial charge in [0.2, 0.25) is 0 Å². The molecule has 0 fully saturated rings. The monoisotopic (exact) mass is 375 g/mol. The van der Waals surface area contributed by atoms with Gasteiger partial charge in [0, 0.05) is 0 Å². The van der Waals surface area contributed by atoms with Crippen molar-refractivity contribution in [3.05, 3.63) is 48.6 Å². The number of carbonyl (C=O) groups is 2. The number of allylic oxidation sites excluding steroid dienone is 6. The van der Waals surface area contributed by atoms with Crippen LogP contribution in [0.4, 0.5) is 0 Å². The molecule has 0 aromatic heterocycles. The first kappa shape index (κ1) is 21.7. The Balaban J connectivity index is -0.000000218. The van der Waals surface area contributed by atoms with Gasteiger partial charge in [-0.25, -0.2) is 0 Å². The van der Waals surface area contributed by atoms with Crippen LogP contribution >= 0.6 is 0 Å². The van der Waals surface area contributed by atoms with Crippen molar-refractivity contribution in [2.75, 3.05) is 0 Å². The van der Waals surface area contributed by atoms with Crippen molar-refractivity contribution in [3.63, 3.8) is 0 Å². The van der Waals surface area contributed by atoms with Gasteiger partial charge >= 0.3 is 49.4 Å². The Morgan fingerprint density at radius 2 is 1.06 bits per heavy atom. The van der Waals surface area contributed by atoms with Crippen molar-refractivity contribution < 1.29 is 69.2 Å². The Kier molecular flexibility index (Phi) is 22.8. The predicted octanol–water partition coefficient (Wildman–Crippen LogP) is -0.263. The zero-order valence-electron chi connectivity index (χ0n) is 9.63. The fourth-order valence-electron chi connectivity index (χ4n) is 0.490. The van der Waals surface area contributed by atoms with Gasteiger partial charge in [0.05, 0.1) is 11.9 Å². The molecule has 1 radical (unpaired) electrons. The van der Waals surface area contributed by atoms with E-state index in [-0.39, 0.29) is 49.4 Å². The van der Waals surface area contributed by atoms with E-state index >= 15 is 0 Å². The Morgan fingerprint density at radius 3 is 1.24 bits per heavy atom. The topological polar surface area (TPSA) is 80.3 Å². The second-order valence-corrected chi connectivity index (χ2v) is 2.41. The Morgan fingerprint density at radius 1 is 0.765 bits per heavy atom. The summed E-state index contributed by atoms with van der Waals surface area (Å²) in [7, 11) is 0. The second-order valence-electron chi connectivity index (χ2n) is 2.41. The third kappa shape index (κ3) is 31.3. The summed E-state index contributed by atoms with van der Waals surface area (Å²) < 4.78 is 0. The predicted molar refractivity (Wildman–Crippen MR) is 57.9 cm³/mol. The molecule has 0 bridgehead atoms. The van der Waals surface area contributed by atoms with E-state index in [1.54, 1.807) is 38.2 Å². The smallest absolute Gasteiger partial charge is 0.545 e. The quantitative estimate of drug-likeness (QED) is 0.502. The van der Waals surface area contributed by atoms with E-state index in [0.717, 1.165) is 12.2 Å². The van der Waals surface area contributed by atoms with Crippen LogP contribution in [0, 0.1) is 49.4 Å². The van der Waals surface area contributed by atoms with Crippen LogP contribution in [0.2, 0.25) is 0 Å². The number of carbonyl (C=O) groups excluding carboxylic acids is 2. The second kappa shape index (κ2) is 17.9. The summed E-state index contributed by atoms with van der Waals surface area (Å²) in [6.45, 7) is 3.61. The molecular formula is C12H14EuO4. The molecule has 0 aromatic rings. The Bertz CT molecular complexity index is 282. The summed E-state index contributed by atoms with van der Waals surface area (Å²) in [6, 6.07) is 0. The average Bonchev–Trinajstić information content (AvgIpc) is 2.18. The van der Waals surface area contributed by atoms with Gasteiger partial charge in [-0.15, -0.1) is 0 Å². The first-order valence-electron chi connectivity index (χ1n) is 4.55. The number of carboxylic acid groups (broad SMARTS) is 2. The molecule has 0 amide bonds. The van der Waals surface area contributed by atoms with Crippen molar-refractivity contribution in [1.82, 2.24) is 0 Å². The van der Waals surface area contributed by atoms with E-state index in [2.05, 4.69) is 0 Å². The van der Waals surface area contributed by atoms with Gasteiger partial charge in [-0.1, -0.05) is 36.5 Å². The molecule has 0 N–H and O–H groups in total. The van der Waals surface area contributed by atoms with Crippen LogP contribution in [-0.4, -0.2) is 11.9 Å². The normalized spacial score (nSPS) is 10.5. The SMILES string of the molecule is CC=CC=CC(=O)[O-].CC=CC=CC(=O)[O-].[Eu+2]. The molecule has 0 aromatic carbocycles. The fraction of sp³-hybridized carbons (Fsp3) is 0.167. The molecule has 0 saturated carbocycles. The van der Waals surface area contributed by atoms with Crippen LogP contribution in [0.25, 0.3) is 0 Å². The first-order valence-corrected chi connectivity index (χ1v) is 4.55. The van der Waals surface area contributed by atoms with Crippen LogP contribution in [0.3, 0.4) is 0 Å². The molecular weight excluding hydrogens is 360 g/mol. The van der Waals surface area contributed by atoms with Gasteiger partial charge in [-0.3, -0.25) is 0 Å². The van der Waals surface area contributed by atoms with Crippen LogP contribution < -0.4 is 10.2 Å². The fourth-order valence-corrected chi connectivity index (χ4v) is 0.490. The van der Waals surface area contributed by atoms with Gasteiger partial charge in [0.15, 0.2) is 0 Å². The van der Waals surface area contributed by atoms with Crippen LogP contribution in [0.1, 0.15) is 13.8 Å². The summed E-state index contributed by atoms with van der Waals surface area (Å²) >= 11 is 0. The molecule has 4 nitrogen and oxygen atoms in total. The van der Waals surface area contributed by atoms with E-state index in [4.69, 9.17) is 0 Å². The Hall–Kier alpha value is -0.516. The number of hydrogen-bond donors (Lipinski definition) is 0. The van der Waals surface area contributed by atoms with Crippen molar-refractivity contribution in [2.24, 2.45) is 0 Å². The minimum Gasteiger partial charge on any atom is -0.545 e. The summed E-state index contributed by atoms with van der Waals surface area (Å²) in [4.78, 5) is 19.3. The van der Waals surface area contributed by atoms with E-state index < -0.39 is 11.9 Å². The maximum Gasteiger partial charge on any atom is 2.00 e. The molecule has 0 aliphatic heterocycles. The molecule has 0 rings (SSSR count). The molecule has 17 heavy (non-hydrogen) atoms. The van der Waals surface area contributed by atoms with E-state index in [1.807, 2.05) is 0 Å². The number of rotatable bonds is 4. The molecule has 0 aliphatic carbocycles. The van der Waals surface area contributed by atoms with Gasteiger partial charge in [-0.2, -0.15) is 0 Å². The summed E-state index contributed by atoms with van der Waals surface area (Å²) in [5, 5.41) is 19.3. The van der Waals surface area contributed by atoms with E-state index in [1.165, 1.54) is 12.2 Å². The summed E-state index contributed by atoms with van der Waals surface area (Å²) in [5.74, 6) is -2.33. The van der Waals surface area contributed by atoms with Crippen LogP contribution in [0.15, 0.2) is 48.6 Å². The zero-order valence-corrected chi connectivity index (χ0v) is 12.1. The van der Waals surface area contributed by atoms with Crippen LogP contribution in [-0.2, 0) is 9.59 Å². The molecule has 0 unspecified atom stereocenters. The third-order valence-corrected chi connectivity index (χ3v) is 1.07. The average molecular weight is 374 g/mol. The molecule has 0 atom stereocenters. The van der Waals surface area contributed by atoms with Crippen molar-refractivity contribution in [3.8, 4) is 0 Å². The minimum absolute atomic E-state index is 0. The molecule has 0 heterocycles. The van der Waals surface area contributed by atoms with Gasteiger partial charge in [0.25, 0.3) is 0 Å². The molecule has 0 saturated heterocycles. The molecule has 0 aliphatic rings. The van der Waals surface area contributed by atoms with E-state index in [9.17, 15) is 19.8 Å². The minimum atomic E-state index is -1.16. The molecule has 93 valence electrons. The Labute approximate surface area is 142 Å². The third-order valence-electron chi connectivity index (χ3n) is 1.07. The molecule has 0 spiro atoms. The van der Waals surface area contributed by atoms with Gasteiger partial charge in [-0.05, 0) is 26.0 Å². The van der Waals surface area contributed by atoms with Crippen molar-refractivity contribution in [1.29, 1.82) is 0 Å². The summed E-state index contributed by atoms with van der Waals surface area (Å²) in [5.41, 5.74) is 0. The maximum absolute atomic E-state index is 9.64. The van der Waals surface area contributed by atoms with Gasteiger partial charge in [0.1, 0.15) is 0 Å². The standard InChI is InChI=1S/2C6H8O2.Eu/c2*1-2-3-4-5-6(7)8;/h2*2-5H,1H3,(H,7,8);/q;;+2/p-2. The number of aliphatic carboxylic acids is 2. The zero-order chi connectivity index (χ0) is 12.8. The summed E-state index contributed by atoms with van der Waals surface area (Å²) in [6.07, 6.45) is 11.5. The van der Waals surface area contributed by atoms with Gasteiger partial charge < -0.3 is 19.8 Å². The largest absolute Gasteiger partial charge is 2.00 e.